The molecule has 0 N–H and O–H groups in total. The lowest BCUT2D eigenvalue weighted by atomic mass is 10.1. The molecule has 1 saturated heterocycles. The van der Waals surface area contributed by atoms with E-state index in [1.807, 2.05) is 59.8 Å². The molecule has 0 radical (unpaired) electrons. The number of carbonyl (C=O) groups excluding carboxylic acids is 3. The number of nitrogens with zero attached hydrogens (tertiary/aromatic N) is 4. The molecule has 1 atom stereocenters. The molecule has 44 heavy (non-hydrogen) atoms. The number of hydrogen-bond acceptors (Lipinski definition) is 9. The van der Waals surface area contributed by atoms with Gasteiger partial charge < -0.3 is 28.7 Å². The molecule has 2 heterocycles. The summed E-state index contributed by atoms with van der Waals surface area (Å²) < 4.78 is 21.7. The number of nitriles is 1. The van der Waals surface area contributed by atoms with E-state index < -0.39 is 23.3 Å². The Morgan fingerprint density at radius 1 is 1.02 bits per heavy atom. The molecule has 2 aromatic rings. The molecule has 3 rings (SSSR count). The summed E-state index contributed by atoms with van der Waals surface area (Å²) >= 11 is 0. The largest absolute Gasteiger partial charge is 0.482 e. The topological polar surface area (TPSA) is 131 Å². The highest BCUT2D eigenvalue weighted by molar-refractivity contribution is 5.73. The summed E-state index contributed by atoms with van der Waals surface area (Å²) in [7, 11) is 1.28. The van der Waals surface area contributed by atoms with Crippen LogP contribution in [0.4, 0.5) is 9.59 Å². The Morgan fingerprint density at radius 2 is 1.73 bits per heavy atom. The Hall–Kier alpha value is -4.59. The number of pyridine rings is 1. The minimum Gasteiger partial charge on any atom is -0.482 e. The van der Waals surface area contributed by atoms with Gasteiger partial charge in [-0.1, -0.05) is 12.2 Å². The van der Waals surface area contributed by atoms with Gasteiger partial charge in [-0.3, -0.25) is 4.98 Å². The molecule has 236 valence electrons. The predicted molar refractivity (Wildman–Crippen MR) is 164 cm³/mol. The van der Waals surface area contributed by atoms with Gasteiger partial charge in [-0.25, -0.2) is 14.4 Å². The van der Waals surface area contributed by atoms with Crippen LogP contribution in [0, 0.1) is 17.2 Å². The van der Waals surface area contributed by atoms with Crippen LogP contribution in [0.3, 0.4) is 0 Å². The molecule has 1 aliphatic heterocycles. The van der Waals surface area contributed by atoms with Gasteiger partial charge in [-0.05, 0) is 94.8 Å². The van der Waals surface area contributed by atoms with Gasteiger partial charge in [0.15, 0.2) is 6.61 Å². The van der Waals surface area contributed by atoms with Crippen LogP contribution in [0.15, 0.2) is 36.7 Å². The molecule has 0 saturated carbocycles. The molecule has 1 aromatic carbocycles. The number of esters is 1. The number of methoxy groups -OCH3 is 1. The second-order valence-electron chi connectivity index (χ2n) is 12.7. The van der Waals surface area contributed by atoms with E-state index >= 15 is 0 Å². The van der Waals surface area contributed by atoms with Crippen LogP contribution in [-0.2, 0) is 25.5 Å². The number of benzene rings is 1. The number of amides is 2. The first kappa shape index (κ1) is 33.9. The van der Waals surface area contributed by atoms with Crippen molar-refractivity contribution in [3.8, 4) is 11.8 Å². The van der Waals surface area contributed by atoms with Gasteiger partial charge in [0.05, 0.1) is 12.7 Å². The van der Waals surface area contributed by atoms with Gasteiger partial charge in [-0.2, -0.15) is 5.26 Å². The SMILES string of the molecule is COC(=O)COc1cc(C=Cc2cncc(C#N)c2)cc(CN(CC2CCN(C(=O)OC(C)(C)C)C2)C(=O)OC(C)(C)C)c1. The van der Waals surface area contributed by atoms with Gasteiger partial charge >= 0.3 is 18.2 Å². The van der Waals surface area contributed by atoms with E-state index in [9.17, 15) is 19.6 Å². The Kier molecular flexibility index (Phi) is 11.4. The fraction of sp³-hybridized carbons (Fsp3) is 0.485. The number of ether oxygens (including phenoxy) is 4. The smallest absolute Gasteiger partial charge is 0.410 e. The average Bonchev–Trinajstić information content (AvgIpc) is 3.41. The summed E-state index contributed by atoms with van der Waals surface area (Å²) in [6, 6.07) is 9.22. The standard InChI is InChI=1S/C33H42N4O7/c1-32(2,3)43-30(39)36-11-10-25(19-36)20-37(31(40)44-33(4,5)6)21-26-12-23(14-28(15-26)42-22-29(38)41-7)8-9-24-13-27(16-34)18-35-17-24/h8-9,12-15,17-18,25H,10-11,19-22H2,1-7H3. The molecule has 1 fully saturated rings. The summed E-state index contributed by atoms with van der Waals surface area (Å²) in [5.74, 6) is -0.0938. The lowest BCUT2D eigenvalue weighted by Crippen LogP contribution is -2.40. The predicted octanol–water partition coefficient (Wildman–Crippen LogP) is 5.67. The zero-order valence-corrected chi connectivity index (χ0v) is 26.6. The Morgan fingerprint density at radius 3 is 2.39 bits per heavy atom. The van der Waals surface area contributed by atoms with Crippen molar-refractivity contribution in [3.63, 3.8) is 0 Å². The van der Waals surface area contributed by atoms with Crippen LogP contribution in [0.1, 0.15) is 70.2 Å². The first-order valence-electron chi connectivity index (χ1n) is 14.5. The highest BCUT2D eigenvalue weighted by Gasteiger charge is 2.33. The number of hydrogen-bond donors (Lipinski definition) is 0. The summed E-state index contributed by atoms with van der Waals surface area (Å²) in [6.45, 7) is 12.2. The van der Waals surface area contributed by atoms with Gasteiger partial charge in [0, 0.05) is 38.6 Å². The summed E-state index contributed by atoms with van der Waals surface area (Å²) in [6.07, 6.45) is 6.63. The van der Waals surface area contributed by atoms with Crippen molar-refractivity contribution in [2.75, 3.05) is 33.4 Å². The van der Waals surface area contributed by atoms with E-state index in [0.717, 1.165) is 16.7 Å². The van der Waals surface area contributed by atoms with Gasteiger partial charge in [0.2, 0.25) is 0 Å². The molecule has 1 unspecified atom stereocenters. The first-order valence-corrected chi connectivity index (χ1v) is 14.5. The van der Waals surface area contributed by atoms with E-state index in [0.29, 0.717) is 37.4 Å². The van der Waals surface area contributed by atoms with Crippen LogP contribution in [-0.4, -0.2) is 77.5 Å². The molecule has 0 bridgehead atoms. The second kappa shape index (κ2) is 14.7. The Labute approximate surface area is 259 Å². The first-order chi connectivity index (χ1) is 20.6. The van der Waals surface area contributed by atoms with E-state index in [2.05, 4.69) is 11.1 Å². The van der Waals surface area contributed by atoms with Crippen molar-refractivity contribution in [1.29, 1.82) is 5.26 Å². The fourth-order valence-electron chi connectivity index (χ4n) is 4.50. The van der Waals surface area contributed by atoms with Crippen molar-refractivity contribution in [1.82, 2.24) is 14.8 Å². The average molecular weight is 607 g/mol. The minimum absolute atomic E-state index is 0.0214. The van der Waals surface area contributed by atoms with Gasteiger partial charge in [-0.15, -0.1) is 0 Å². The molecule has 0 aliphatic carbocycles. The van der Waals surface area contributed by atoms with Crippen LogP contribution in [0.2, 0.25) is 0 Å². The maximum absolute atomic E-state index is 13.4. The van der Waals surface area contributed by atoms with Crippen molar-refractivity contribution in [2.24, 2.45) is 5.92 Å². The summed E-state index contributed by atoms with van der Waals surface area (Å²) in [4.78, 5) is 45.2. The third-order valence-corrected chi connectivity index (χ3v) is 6.37. The normalized spacial score (nSPS) is 15.0. The van der Waals surface area contributed by atoms with Crippen LogP contribution >= 0.6 is 0 Å². The minimum atomic E-state index is -0.709. The number of aromatic nitrogens is 1. The number of likely N-dealkylation sites (tertiary alicyclic amines) is 1. The monoisotopic (exact) mass is 606 g/mol. The molecule has 2 amide bonds. The van der Waals surface area contributed by atoms with E-state index in [1.54, 1.807) is 34.2 Å². The van der Waals surface area contributed by atoms with E-state index in [-0.39, 0.29) is 25.2 Å². The lowest BCUT2D eigenvalue weighted by molar-refractivity contribution is -0.142. The number of rotatable bonds is 9. The molecular formula is C33H42N4O7. The van der Waals surface area contributed by atoms with E-state index in [1.165, 1.54) is 13.3 Å². The molecular weight excluding hydrogens is 564 g/mol. The molecule has 1 aromatic heterocycles. The van der Waals surface area contributed by atoms with Crippen LogP contribution in [0.25, 0.3) is 12.2 Å². The molecule has 11 nitrogen and oxygen atoms in total. The maximum Gasteiger partial charge on any atom is 0.410 e. The third kappa shape index (κ3) is 11.2. The third-order valence-electron chi connectivity index (χ3n) is 6.37. The van der Waals surface area contributed by atoms with Crippen LogP contribution < -0.4 is 4.74 Å². The number of carbonyl (C=O) groups is 3. The van der Waals surface area contributed by atoms with Crippen molar-refractivity contribution in [3.05, 3.63) is 58.9 Å². The Balaban J connectivity index is 1.87. The highest BCUT2D eigenvalue weighted by atomic mass is 16.6. The lowest BCUT2D eigenvalue weighted by Gasteiger charge is -2.30. The van der Waals surface area contributed by atoms with E-state index in [4.69, 9.17) is 18.9 Å². The maximum atomic E-state index is 13.4. The van der Waals surface area contributed by atoms with Crippen LogP contribution in [0.5, 0.6) is 5.75 Å². The molecule has 1 aliphatic rings. The van der Waals surface area contributed by atoms with Crippen molar-refractivity contribution >= 4 is 30.3 Å². The summed E-state index contributed by atoms with van der Waals surface area (Å²) in [5.41, 5.74) is 1.35. The van der Waals surface area contributed by atoms with Gasteiger partial charge in [0.25, 0.3) is 0 Å². The highest BCUT2D eigenvalue weighted by Crippen LogP contribution is 2.25. The van der Waals surface area contributed by atoms with Gasteiger partial charge in [0.1, 0.15) is 23.0 Å². The quantitative estimate of drug-likeness (QED) is 0.262. The Bertz CT molecular complexity index is 1400. The second-order valence-corrected chi connectivity index (χ2v) is 12.7. The summed E-state index contributed by atoms with van der Waals surface area (Å²) in [5, 5.41) is 9.20. The van der Waals surface area contributed by atoms with Crippen molar-refractivity contribution in [2.45, 2.75) is 65.7 Å². The fourth-order valence-corrected chi connectivity index (χ4v) is 4.50. The zero-order valence-electron chi connectivity index (χ0n) is 26.6. The molecule has 11 heteroatoms. The van der Waals surface area contributed by atoms with Crippen molar-refractivity contribution < 1.29 is 33.3 Å². The zero-order chi connectivity index (χ0) is 32.5. The molecule has 0 spiro atoms.